The molecule has 5 heteroatoms. The summed E-state index contributed by atoms with van der Waals surface area (Å²) in [5.41, 5.74) is 0.316. The first-order chi connectivity index (χ1) is 9.13. The fourth-order valence-corrected chi connectivity index (χ4v) is 2.54. The van der Waals surface area contributed by atoms with E-state index in [2.05, 4.69) is 6.58 Å². The largest absolute Gasteiger partial charge is 0.477 e. The zero-order chi connectivity index (χ0) is 13.8. The maximum Gasteiger partial charge on any atom is 0.352 e. The Hall–Kier alpha value is -2.04. The van der Waals surface area contributed by atoms with Crippen LogP contribution in [0.2, 0.25) is 0 Å². The van der Waals surface area contributed by atoms with Gasteiger partial charge in [0.1, 0.15) is 5.69 Å². The van der Waals surface area contributed by atoms with Crippen LogP contribution in [-0.2, 0) is 4.79 Å². The quantitative estimate of drug-likeness (QED) is 0.843. The van der Waals surface area contributed by atoms with E-state index >= 15 is 0 Å². The fourth-order valence-electron chi connectivity index (χ4n) is 2.54. The maximum atomic E-state index is 11.7. The number of amides is 1. The normalized spacial score (nSPS) is 16.3. The van der Waals surface area contributed by atoms with Gasteiger partial charge in [0.15, 0.2) is 0 Å². The molecule has 102 valence electrons. The van der Waals surface area contributed by atoms with E-state index in [0.717, 1.165) is 12.8 Å². The number of carbonyl (C=O) groups excluding carboxylic acids is 1. The molecule has 5 nitrogen and oxygen atoms in total. The number of carboxylic acids is 1. The van der Waals surface area contributed by atoms with Crippen molar-refractivity contribution in [1.29, 1.82) is 0 Å². The number of rotatable bonds is 4. The summed E-state index contributed by atoms with van der Waals surface area (Å²) in [7, 11) is 0. The van der Waals surface area contributed by atoms with Crippen molar-refractivity contribution in [3.8, 4) is 0 Å². The van der Waals surface area contributed by atoms with Gasteiger partial charge < -0.3 is 14.6 Å². The van der Waals surface area contributed by atoms with Gasteiger partial charge in [-0.2, -0.15) is 0 Å². The highest BCUT2D eigenvalue weighted by atomic mass is 16.4. The smallest absolute Gasteiger partial charge is 0.352 e. The lowest BCUT2D eigenvalue weighted by atomic mass is 10.0. The summed E-state index contributed by atoms with van der Waals surface area (Å²) in [5, 5.41) is 9.10. The van der Waals surface area contributed by atoms with Crippen LogP contribution in [0, 0.1) is 0 Å². The van der Waals surface area contributed by atoms with Crippen LogP contribution in [0.3, 0.4) is 0 Å². The van der Waals surface area contributed by atoms with Crippen molar-refractivity contribution in [3.63, 3.8) is 0 Å². The van der Waals surface area contributed by atoms with Gasteiger partial charge in [0.2, 0.25) is 5.91 Å². The SMILES string of the molecule is C=CCC(=O)N1CCC(n2cccc2C(=O)O)CC1. The highest BCUT2D eigenvalue weighted by Gasteiger charge is 2.25. The van der Waals surface area contributed by atoms with Crippen molar-refractivity contribution in [3.05, 3.63) is 36.7 Å². The van der Waals surface area contributed by atoms with E-state index in [9.17, 15) is 9.59 Å². The van der Waals surface area contributed by atoms with E-state index in [1.807, 2.05) is 4.90 Å². The molecule has 0 atom stereocenters. The number of carbonyl (C=O) groups is 2. The van der Waals surface area contributed by atoms with E-state index < -0.39 is 5.97 Å². The summed E-state index contributed by atoms with van der Waals surface area (Å²) in [6, 6.07) is 3.52. The molecule has 2 rings (SSSR count). The van der Waals surface area contributed by atoms with Gasteiger partial charge in [0, 0.05) is 31.7 Å². The maximum absolute atomic E-state index is 11.7. The Bertz CT molecular complexity index is 485. The molecule has 19 heavy (non-hydrogen) atoms. The summed E-state index contributed by atoms with van der Waals surface area (Å²) < 4.78 is 1.80. The van der Waals surface area contributed by atoms with Crippen LogP contribution < -0.4 is 0 Å². The van der Waals surface area contributed by atoms with E-state index in [4.69, 9.17) is 5.11 Å². The summed E-state index contributed by atoms with van der Waals surface area (Å²) in [6.45, 7) is 4.92. The Balaban J connectivity index is 2.00. The van der Waals surface area contributed by atoms with Crippen LogP contribution in [-0.4, -0.2) is 39.5 Å². The molecular formula is C14H18N2O3. The zero-order valence-electron chi connectivity index (χ0n) is 10.8. The molecule has 0 aliphatic carbocycles. The van der Waals surface area contributed by atoms with Crippen molar-refractivity contribution >= 4 is 11.9 Å². The van der Waals surface area contributed by atoms with Gasteiger partial charge >= 0.3 is 5.97 Å². The van der Waals surface area contributed by atoms with Crippen LogP contribution in [0.5, 0.6) is 0 Å². The Morgan fingerprint density at radius 2 is 2.11 bits per heavy atom. The van der Waals surface area contributed by atoms with Gasteiger partial charge in [-0.1, -0.05) is 6.08 Å². The van der Waals surface area contributed by atoms with Gasteiger partial charge in [0.25, 0.3) is 0 Å². The summed E-state index contributed by atoms with van der Waals surface area (Å²) in [5.74, 6) is -0.811. The fraction of sp³-hybridized carbons (Fsp3) is 0.429. The number of aromatic carboxylic acids is 1. The van der Waals surface area contributed by atoms with Crippen molar-refractivity contribution in [2.45, 2.75) is 25.3 Å². The average Bonchev–Trinajstić information content (AvgIpc) is 2.88. The summed E-state index contributed by atoms with van der Waals surface area (Å²) in [4.78, 5) is 24.6. The highest BCUT2D eigenvalue weighted by Crippen LogP contribution is 2.24. The number of aromatic nitrogens is 1. The molecule has 1 aliphatic rings. The molecule has 0 spiro atoms. The summed E-state index contributed by atoms with van der Waals surface area (Å²) in [6.07, 6.45) is 5.36. The number of hydrogen-bond donors (Lipinski definition) is 1. The first-order valence-electron chi connectivity index (χ1n) is 6.42. The number of carboxylic acid groups (broad SMARTS) is 1. The average molecular weight is 262 g/mol. The minimum atomic E-state index is -0.907. The van der Waals surface area contributed by atoms with E-state index in [1.54, 1.807) is 29.0 Å². The Morgan fingerprint density at radius 1 is 1.42 bits per heavy atom. The third-order valence-electron chi connectivity index (χ3n) is 3.53. The number of nitrogens with zero attached hydrogens (tertiary/aromatic N) is 2. The topological polar surface area (TPSA) is 62.5 Å². The Kier molecular flexibility index (Phi) is 4.04. The lowest BCUT2D eigenvalue weighted by molar-refractivity contribution is -0.131. The standard InChI is InChI=1S/C14H18N2O3/c1-2-4-13(17)15-9-6-11(7-10-15)16-8-3-5-12(16)14(18)19/h2-3,5,8,11H,1,4,6-7,9-10H2,(H,18,19). The first-order valence-corrected chi connectivity index (χ1v) is 6.42. The van der Waals surface area contributed by atoms with Crippen molar-refractivity contribution in [2.24, 2.45) is 0 Å². The van der Waals surface area contributed by atoms with Crippen LogP contribution in [0.25, 0.3) is 0 Å². The van der Waals surface area contributed by atoms with Crippen LogP contribution >= 0.6 is 0 Å². The molecule has 0 unspecified atom stereocenters. The number of hydrogen-bond acceptors (Lipinski definition) is 2. The monoisotopic (exact) mass is 262 g/mol. The molecule has 0 bridgehead atoms. The molecule has 1 fully saturated rings. The summed E-state index contributed by atoms with van der Waals surface area (Å²) >= 11 is 0. The zero-order valence-corrected chi connectivity index (χ0v) is 10.8. The molecule has 1 aromatic rings. The van der Waals surface area contributed by atoms with Crippen molar-refractivity contribution < 1.29 is 14.7 Å². The minimum absolute atomic E-state index is 0.0967. The molecule has 1 amide bonds. The van der Waals surface area contributed by atoms with Gasteiger partial charge in [0.05, 0.1) is 0 Å². The van der Waals surface area contributed by atoms with Gasteiger partial charge in [-0.15, -0.1) is 6.58 Å². The lowest BCUT2D eigenvalue weighted by Crippen LogP contribution is -2.39. The number of piperidine rings is 1. The predicted octanol–water partition coefficient (Wildman–Crippen LogP) is 1.93. The van der Waals surface area contributed by atoms with Crippen molar-refractivity contribution in [1.82, 2.24) is 9.47 Å². The Morgan fingerprint density at radius 3 is 2.68 bits per heavy atom. The molecule has 1 N–H and O–H groups in total. The second-order valence-electron chi connectivity index (χ2n) is 4.71. The molecule has 2 heterocycles. The van der Waals surface area contributed by atoms with E-state index in [-0.39, 0.29) is 11.9 Å². The molecule has 0 radical (unpaired) electrons. The minimum Gasteiger partial charge on any atom is -0.477 e. The Labute approximate surface area is 112 Å². The third-order valence-corrected chi connectivity index (χ3v) is 3.53. The second-order valence-corrected chi connectivity index (χ2v) is 4.71. The molecule has 1 aromatic heterocycles. The van der Waals surface area contributed by atoms with Crippen LogP contribution in [0.15, 0.2) is 31.0 Å². The molecule has 0 aromatic carbocycles. The molecular weight excluding hydrogens is 244 g/mol. The predicted molar refractivity (Wildman–Crippen MR) is 71.1 cm³/mol. The highest BCUT2D eigenvalue weighted by molar-refractivity contribution is 5.85. The van der Waals surface area contributed by atoms with Gasteiger partial charge in [-0.25, -0.2) is 4.79 Å². The van der Waals surface area contributed by atoms with E-state index in [0.29, 0.717) is 25.2 Å². The van der Waals surface area contributed by atoms with Gasteiger partial charge in [-0.05, 0) is 25.0 Å². The van der Waals surface area contributed by atoms with Crippen LogP contribution in [0.1, 0.15) is 35.8 Å². The second kappa shape index (κ2) is 5.73. The van der Waals surface area contributed by atoms with Crippen LogP contribution in [0.4, 0.5) is 0 Å². The van der Waals surface area contributed by atoms with Gasteiger partial charge in [-0.3, -0.25) is 4.79 Å². The van der Waals surface area contributed by atoms with Crippen molar-refractivity contribution in [2.75, 3.05) is 13.1 Å². The molecule has 1 aliphatic heterocycles. The lowest BCUT2D eigenvalue weighted by Gasteiger charge is -2.33. The molecule has 0 saturated carbocycles. The first kappa shape index (κ1) is 13.4. The van der Waals surface area contributed by atoms with E-state index in [1.165, 1.54) is 0 Å². The number of likely N-dealkylation sites (tertiary alicyclic amines) is 1. The molecule has 1 saturated heterocycles. The third kappa shape index (κ3) is 2.86.